The minimum absolute atomic E-state index is 0.151. The predicted octanol–water partition coefficient (Wildman–Crippen LogP) is -0.216. The Labute approximate surface area is 104 Å². The molecule has 4 fully saturated rings. The molecule has 0 spiro atoms. The minimum atomic E-state index is -0.691. The van der Waals surface area contributed by atoms with E-state index in [-0.39, 0.29) is 39.0 Å². The Kier molecular flexibility index (Phi) is 1.57. The molecule has 0 saturated carbocycles. The molecular weight excluding hydrogens is 240 g/mol. The fourth-order valence-electron chi connectivity index (χ4n) is 3.52. The summed E-state index contributed by atoms with van der Waals surface area (Å²) in [5, 5.41) is 0. The Balaban J connectivity index is 1.97. The van der Waals surface area contributed by atoms with E-state index < -0.39 is 11.3 Å². The Morgan fingerprint density at radius 3 is 1.33 bits per heavy atom. The number of amides is 4. The highest BCUT2D eigenvalue weighted by molar-refractivity contribution is 5.88. The first-order chi connectivity index (χ1) is 8.53. The van der Waals surface area contributed by atoms with Gasteiger partial charge in [-0.05, 0) is 13.8 Å². The largest absolute Gasteiger partial charge is 0.340 e. The molecule has 0 atom stereocenters. The lowest BCUT2D eigenvalue weighted by molar-refractivity contribution is -0.185. The van der Waals surface area contributed by atoms with Crippen molar-refractivity contribution in [3.8, 4) is 0 Å². The Morgan fingerprint density at radius 1 is 0.778 bits per heavy atom. The first-order valence-corrected chi connectivity index (χ1v) is 5.87. The number of hydrogen-bond donors (Lipinski definition) is 0. The minimum Gasteiger partial charge on any atom is -0.340 e. The van der Waals surface area contributed by atoms with Gasteiger partial charge in [-0.1, -0.05) is 0 Å². The van der Waals surface area contributed by atoms with E-state index in [9.17, 15) is 9.59 Å². The van der Waals surface area contributed by atoms with E-state index in [1.165, 1.54) is 0 Å². The summed E-state index contributed by atoms with van der Waals surface area (Å²) >= 11 is 0. The average Bonchev–Trinajstić information content (AvgIpc) is 2.65. The van der Waals surface area contributed by atoms with Gasteiger partial charge in [-0.2, -0.15) is 0 Å². The molecule has 8 heteroatoms. The summed E-state index contributed by atoms with van der Waals surface area (Å²) in [5.74, 6) is 0. The molecular formula is C10H14N4O4. The summed E-state index contributed by atoms with van der Waals surface area (Å²) in [6, 6.07) is -0.302. The van der Waals surface area contributed by atoms with Gasteiger partial charge in [0.05, 0.1) is 0 Å². The molecule has 4 rings (SSSR count). The van der Waals surface area contributed by atoms with Crippen molar-refractivity contribution in [1.29, 1.82) is 0 Å². The third kappa shape index (κ3) is 0.741. The summed E-state index contributed by atoms with van der Waals surface area (Å²) < 4.78 is 10.7. The summed E-state index contributed by atoms with van der Waals surface area (Å²) in [7, 11) is 0. The molecule has 0 aromatic heterocycles. The zero-order valence-electron chi connectivity index (χ0n) is 10.3. The first kappa shape index (κ1) is 10.4. The predicted molar refractivity (Wildman–Crippen MR) is 56.6 cm³/mol. The summed E-state index contributed by atoms with van der Waals surface area (Å²) in [4.78, 5) is 31.2. The molecule has 18 heavy (non-hydrogen) atoms. The summed E-state index contributed by atoms with van der Waals surface area (Å²) in [6.45, 7) is 4.66. The highest BCUT2D eigenvalue weighted by Crippen LogP contribution is 2.53. The summed E-state index contributed by atoms with van der Waals surface area (Å²) in [6.07, 6.45) is 0. The second-order valence-electron chi connectivity index (χ2n) is 5.24. The van der Waals surface area contributed by atoms with Crippen LogP contribution in [0.2, 0.25) is 0 Å². The molecule has 0 aromatic carbocycles. The molecule has 98 valence electrons. The molecule has 4 amide bonds. The van der Waals surface area contributed by atoms with Crippen molar-refractivity contribution in [2.45, 2.75) is 25.2 Å². The van der Waals surface area contributed by atoms with Crippen molar-refractivity contribution in [1.82, 2.24) is 19.6 Å². The van der Waals surface area contributed by atoms with Crippen molar-refractivity contribution in [3.05, 3.63) is 0 Å². The Hall–Kier alpha value is -1.54. The third-order valence-corrected chi connectivity index (χ3v) is 4.80. The Bertz CT molecular complexity index is 397. The van der Waals surface area contributed by atoms with Gasteiger partial charge in [-0.25, -0.2) is 9.59 Å². The highest BCUT2D eigenvalue weighted by Gasteiger charge is 2.76. The van der Waals surface area contributed by atoms with E-state index in [4.69, 9.17) is 9.47 Å². The van der Waals surface area contributed by atoms with Crippen molar-refractivity contribution in [3.63, 3.8) is 0 Å². The lowest BCUT2D eigenvalue weighted by atomic mass is 9.95. The first-order valence-electron chi connectivity index (χ1n) is 5.87. The molecule has 0 radical (unpaired) electrons. The van der Waals surface area contributed by atoms with Crippen LogP contribution in [-0.4, -0.2) is 69.9 Å². The van der Waals surface area contributed by atoms with Gasteiger partial charge in [0, 0.05) is 0 Å². The van der Waals surface area contributed by atoms with Crippen LogP contribution in [0.15, 0.2) is 0 Å². The van der Waals surface area contributed by atoms with Gasteiger partial charge in [0.2, 0.25) is 0 Å². The van der Waals surface area contributed by atoms with Crippen molar-refractivity contribution < 1.29 is 19.1 Å². The molecule has 0 bridgehead atoms. The summed E-state index contributed by atoms with van der Waals surface area (Å²) in [5.41, 5.74) is -1.38. The Morgan fingerprint density at radius 2 is 1.06 bits per heavy atom. The zero-order chi connectivity index (χ0) is 12.7. The quantitative estimate of drug-likeness (QED) is 0.599. The van der Waals surface area contributed by atoms with Gasteiger partial charge < -0.3 is 9.47 Å². The molecule has 4 aliphatic rings. The number of carbonyl (C=O) groups excluding carboxylic acids is 2. The molecule has 0 aliphatic carbocycles. The fourth-order valence-corrected chi connectivity index (χ4v) is 3.52. The van der Waals surface area contributed by atoms with Crippen LogP contribution in [0.4, 0.5) is 9.59 Å². The van der Waals surface area contributed by atoms with E-state index in [0.717, 1.165) is 0 Å². The van der Waals surface area contributed by atoms with E-state index in [1.54, 1.807) is 19.6 Å². The van der Waals surface area contributed by atoms with E-state index in [2.05, 4.69) is 0 Å². The maximum atomic E-state index is 12.4. The maximum Gasteiger partial charge on any atom is 0.327 e. The average molecular weight is 254 g/mol. The number of urea groups is 2. The number of hydrogen-bond acceptors (Lipinski definition) is 4. The van der Waals surface area contributed by atoms with E-state index in [0.29, 0.717) is 0 Å². The topological polar surface area (TPSA) is 65.6 Å². The van der Waals surface area contributed by atoms with Gasteiger partial charge >= 0.3 is 12.1 Å². The van der Waals surface area contributed by atoms with Crippen LogP contribution in [0.1, 0.15) is 13.8 Å². The lowest BCUT2D eigenvalue weighted by Gasteiger charge is -2.48. The molecule has 4 aliphatic heterocycles. The number of carbonyl (C=O) groups is 2. The third-order valence-electron chi connectivity index (χ3n) is 4.80. The number of ether oxygens (including phenoxy) is 2. The molecule has 0 unspecified atom stereocenters. The lowest BCUT2D eigenvalue weighted by Crippen LogP contribution is -2.68. The van der Waals surface area contributed by atoms with Crippen LogP contribution in [0.3, 0.4) is 0 Å². The maximum absolute atomic E-state index is 12.4. The molecule has 4 heterocycles. The zero-order valence-corrected chi connectivity index (χ0v) is 10.3. The SMILES string of the molecule is CC12N3COCN1C(=O)N1COCN(C3=O)C12C. The number of rotatable bonds is 0. The van der Waals surface area contributed by atoms with Crippen molar-refractivity contribution in [2.24, 2.45) is 0 Å². The van der Waals surface area contributed by atoms with Crippen LogP contribution >= 0.6 is 0 Å². The van der Waals surface area contributed by atoms with Gasteiger partial charge in [-0.3, -0.25) is 19.6 Å². The monoisotopic (exact) mass is 254 g/mol. The highest BCUT2D eigenvalue weighted by atomic mass is 16.5. The van der Waals surface area contributed by atoms with Crippen LogP contribution in [0, 0.1) is 0 Å². The fraction of sp³-hybridized carbons (Fsp3) is 0.800. The van der Waals surface area contributed by atoms with Gasteiger partial charge in [0.15, 0.2) is 11.3 Å². The molecule has 8 nitrogen and oxygen atoms in total. The van der Waals surface area contributed by atoms with Crippen LogP contribution < -0.4 is 0 Å². The standard InChI is InChI=1S/C10H14N4O4/c1-9-10(2)13-5-18-6-14(10)8(16)12(9)4-17-3-11(9)7(13)15/h3-6H2,1-2H3. The number of nitrogens with zero attached hydrogens (tertiary/aromatic N) is 4. The van der Waals surface area contributed by atoms with Crippen LogP contribution in [-0.2, 0) is 9.47 Å². The van der Waals surface area contributed by atoms with Gasteiger partial charge in [0.1, 0.15) is 26.9 Å². The smallest absolute Gasteiger partial charge is 0.327 e. The van der Waals surface area contributed by atoms with Crippen molar-refractivity contribution in [2.75, 3.05) is 26.9 Å². The van der Waals surface area contributed by atoms with E-state index in [1.807, 2.05) is 13.8 Å². The molecule has 0 N–H and O–H groups in total. The normalized spacial score (nSPS) is 41.9. The van der Waals surface area contributed by atoms with E-state index >= 15 is 0 Å². The second-order valence-corrected chi connectivity index (χ2v) is 5.24. The van der Waals surface area contributed by atoms with Crippen molar-refractivity contribution >= 4 is 12.1 Å². The second kappa shape index (κ2) is 2.72. The van der Waals surface area contributed by atoms with Crippen LogP contribution in [0.5, 0.6) is 0 Å². The van der Waals surface area contributed by atoms with Gasteiger partial charge in [0.25, 0.3) is 0 Å². The molecule has 0 aromatic rings. The molecule has 4 saturated heterocycles. The van der Waals surface area contributed by atoms with Crippen LogP contribution in [0.25, 0.3) is 0 Å². The van der Waals surface area contributed by atoms with Gasteiger partial charge in [-0.15, -0.1) is 0 Å².